The molecule has 1 unspecified atom stereocenters. The van der Waals surface area contributed by atoms with Gasteiger partial charge in [-0.05, 0) is 51.0 Å². The molecule has 0 aliphatic heterocycles. The van der Waals surface area contributed by atoms with Gasteiger partial charge in [-0.3, -0.25) is 0 Å². The van der Waals surface area contributed by atoms with Gasteiger partial charge in [0, 0.05) is 12.6 Å². The Labute approximate surface area is 118 Å². The molecule has 1 rings (SSSR count). The minimum absolute atomic E-state index is 0.0471. The van der Waals surface area contributed by atoms with Crippen LogP contribution >= 0.6 is 0 Å². The normalized spacial score (nSPS) is 12.8. The number of amides is 1. The Hall–Kier alpha value is -1.95. The molecule has 1 atom stereocenters. The molecule has 5 N–H and O–H groups in total. The molecule has 0 bridgehead atoms. The second-order valence-electron chi connectivity index (χ2n) is 5.60. The molecule has 20 heavy (non-hydrogen) atoms. The van der Waals surface area contributed by atoms with E-state index in [1.165, 1.54) is 18.2 Å². The van der Waals surface area contributed by atoms with E-state index in [-0.39, 0.29) is 18.0 Å². The van der Waals surface area contributed by atoms with Crippen molar-refractivity contribution in [2.24, 2.45) is 5.73 Å². The Morgan fingerprint density at radius 1 is 1.40 bits per heavy atom. The molecule has 1 aromatic rings. The van der Waals surface area contributed by atoms with Crippen LogP contribution in [0.3, 0.4) is 0 Å². The third kappa shape index (κ3) is 5.36. The lowest BCUT2D eigenvalue weighted by molar-refractivity contribution is 0.0505. The van der Waals surface area contributed by atoms with Crippen LogP contribution in [0.2, 0.25) is 0 Å². The molecule has 0 aromatic heterocycles. The molecule has 6 heteroatoms. The number of rotatable bonds is 4. The fourth-order valence-electron chi connectivity index (χ4n) is 1.67. The van der Waals surface area contributed by atoms with E-state index in [2.05, 4.69) is 5.32 Å². The van der Waals surface area contributed by atoms with Crippen molar-refractivity contribution in [2.75, 3.05) is 6.54 Å². The van der Waals surface area contributed by atoms with Crippen LogP contribution < -0.4 is 11.1 Å². The monoisotopic (exact) mass is 282 g/mol. The summed E-state index contributed by atoms with van der Waals surface area (Å²) in [4.78, 5) is 11.7. The van der Waals surface area contributed by atoms with Gasteiger partial charge in [-0.25, -0.2) is 4.79 Å². The smallest absolute Gasteiger partial charge is 0.407 e. The van der Waals surface area contributed by atoms with Crippen molar-refractivity contribution in [1.29, 1.82) is 0 Å². The van der Waals surface area contributed by atoms with Gasteiger partial charge in [0.1, 0.15) is 17.1 Å². The molecule has 0 aliphatic carbocycles. The maximum atomic E-state index is 11.7. The molecule has 0 aliphatic rings. The number of nitrogens with two attached hydrogens (primary N) is 1. The molecule has 0 saturated carbocycles. The summed E-state index contributed by atoms with van der Waals surface area (Å²) in [5, 5.41) is 21.7. The highest BCUT2D eigenvalue weighted by Gasteiger charge is 2.19. The van der Waals surface area contributed by atoms with Crippen LogP contribution in [0.5, 0.6) is 11.5 Å². The topological polar surface area (TPSA) is 105 Å². The van der Waals surface area contributed by atoms with Crippen LogP contribution in [-0.4, -0.2) is 34.5 Å². The number of ether oxygens (including phenoxy) is 1. The second kappa shape index (κ2) is 6.47. The molecule has 6 nitrogen and oxygen atoms in total. The van der Waals surface area contributed by atoms with Crippen LogP contribution in [-0.2, 0) is 11.2 Å². The molecule has 0 radical (unpaired) electrons. The van der Waals surface area contributed by atoms with Gasteiger partial charge >= 0.3 is 6.09 Å². The summed E-state index contributed by atoms with van der Waals surface area (Å²) in [5.74, 6) is 0.0954. The van der Waals surface area contributed by atoms with E-state index in [1.807, 2.05) is 0 Å². The molecule has 1 aromatic carbocycles. The first-order valence-corrected chi connectivity index (χ1v) is 6.41. The van der Waals surface area contributed by atoms with Crippen LogP contribution in [0.4, 0.5) is 4.79 Å². The zero-order valence-electron chi connectivity index (χ0n) is 12.0. The standard InChI is InChI=1S/C14H22N2O4/c1-14(2,3)20-13(19)16-10(8-15)6-9-7-11(17)4-5-12(9)18/h4-5,7,10,17-18H,6,8,15H2,1-3H3,(H,16,19). The van der Waals surface area contributed by atoms with Crippen molar-refractivity contribution in [1.82, 2.24) is 5.32 Å². The number of aromatic hydroxyl groups is 2. The van der Waals surface area contributed by atoms with Gasteiger partial charge in [0.2, 0.25) is 0 Å². The average Bonchev–Trinajstić information content (AvgIpc) is 2.30. The number of phenolic OH excluding ortho intramolecular Hbond substituents is 2. The Bertz CT molecular complexity index is 469. The zero-order chi connectivity index (χ0) is 15.3. The number of carbonyl (C=O) groups excluding carboxylic acids is 1. The fraction of sp³-hybridized carbons (Fsp3) is 0.500. The first-order valence-electron chi connectivity index (χ1n) is 6.41. The van der Waals surface area contributed by atoms with Crippen molar-refractivity contribution in [2.45, 2.75) is 38.8 Å². The summed E-state index contributed by atoms with van der Waals surface area (Å²) in [5.41, 5.74) is 5.53. The number of nitrogens with one attached hydrogen (secondary N) is 1. The maximum Gasteiger partial charge on any atom is 0.407 e. The highest BCUT2D eigenvalue weighted by Crippen LogP contribution is 2.23. The first kappa shape index (κ1) is 16.1. The number of phenols is 2. The zero-order valence-corrected chi connectivity index (χ0v) is 12.0. The summed E-state index contributed by atoms with van der Waals surface area (Å²) >= 11 is 0. The molecular formula is C14H22N2O4. The highest BCUT2D eigenvalue weighted by atomic mass is 16.6. The maximum absolute atomic E-state index is 11.7. The van der Waals surface area contributed by atoms with Crippen molar-refractivity contribution in [3.8, 4) is 11.5 Å². The predicted molar refractivity (Wildman–Crippen MR) is 75.7 cm³/mol. The van der Waals surface area contributed by atoms with Crippen LogP contribution in [0.25, 0.3) is 0 Å². The van der Waals surface area contributed by atoms with Gasteiger partial charge in [0.25, 0.3) is 0 Å². The lowest BCUT2D eigenvalue weighted by Gasteiger charge is -2.23. The Morgan fingerprint density at radius 3 is 2.60 bits per heavy atom. The summed E-state index contributed by atoms with van der Waals surface area (Å²) in [7, 11) is 0. The lowest BCUT2D eigenvalue weighted by Crippen LogP contribution is -2.44. The third-order valence-electron chi connectivity index (χ3n) is 2.53. The van der Waals surface area contributed by atoms with E-state index < -0.39 is 17.7 Å². The fourth-order valence-corrected chi connectivity index (χ4v) is 1.67. The number of hydrogen-bond donors (Lipinski definition) is 4. The van der Waals surface area contributed by atoms with Gasteiger partial charge in [-0.1, -0.05) is 0 Å². The lowest BCUT2D eigenvalue weighted by atomic mass is 10.0. The molecule has 1 amide bonds. The molecule has 0 spiro atoms. The summed E-state index contributed by atoms with van der Waals surface area (Å²) < 4.78 is 5.14. The number of hydrogen-bond acceptors (Lipinski definition) is 5. The van der Waals surface area contributed by atoms with E-state index in [4.69, 9.17) is 10.5 Å². The molecule has 112 valence electrons. The highest BCUT2D eigenvalue weighted by molar-refractivity contribution is 5.68. The van der Waals surface area contributed by atoms with Crippen molar-refractivity contribution in [3.05, 3.63) is 23.8 Å². The SMILES string of the molecule is CC(C)(C)OC(=O)NC(CN)Cc1cc(O)ccc1O. The third-order valence-corrected chi connectivity index (χ3v) is 2.53. The van der Waals surface area contributed by atoms with E-state index in [0.29, 0.717) is 12.0 Å². The Kier molecular flexibility index (Phi) is 5.21. The average molecular weight is 282 g/mol. The van der Waals surface area contributed by atoms with Gasteiger partial charge < -0.3 is 26.0 Å². The largest absolute Gasteiger partial charge is 0.508 e. The van der Waals surface area contributed by atoms with E-state index in [9.17, 15) is 15.0 Å². The minimum atomic E-state index is -0.587. The first-order chi connectivity index (χ1) is 9.21. The summed E-state index contributed by atoms with van der Waals surface area (Å²) in [6, 6.07) is 3.83. The number of benzene rings is 1. The Morgan fingerprint density at radius 2 is 2.05 bits per heavy atom. The van der Waals surface area contributed by atoms with Crippen molar-refractivity contribution < 1.29 is 19.7 Å². The number of carbonyl (C=O) groups is 1. The van der Waals surface area contributed by atoms with Gasteiger partial charge in [-0.15, -0.1) is 0 Å². The van der Waals surface area contributed by atoms with Crippen molar-refractivity contribution in [3.63, 3.8) is 0 Å². The molecule has 0 fully saturated rings. The molecule has 0 heterocycles. The summed E-state index contributed by atoms with van der Waals surface area (Å²) in [6.07, 6.45) is -0.261. The van der Waals surface area contributed by atoms with Gasteiger partial charge in [-0.2, -0.15) is 0 Å². The summed E-state index contributed by atoms with van der Waals surface area (Å²) in [6.45, 7) is 5.50. The quantitative estimate of drug-likeness (QED) is 0.626. The van der Waals surface area contributed by atoms with Crippen molar-refractivity contribution >= 4 is 6.09 Å². The second-order valence-corrected chi connectivity index (χ2v) is 5.60. The van der Waals surface area contributed by atoms with E-state index in [0.717, 1.165) is 0 Å². The van der Waals surface area contributed by atoms with E-state index >= 15 is 0 Å². The van der Waals surface area contributed by atoms with Gasteiger partial charge in [0.15, 0.2) is 0 Å². The van der Waals surface area contributed by atoms with Crippen LogP contribution in [0.1, 0.15) is 26.3 Å². The predicted octanol–water partition coefficient (Wildman–Crippen LogP) is 1.49. The molecular weight excluding hydrogens is 260 g/mol. The van der Waals surface area contributed by atoms with Gasteiger partial charge in [0.05, 0.1) is 0 Å². The van der Waals surface area contributed by atoms with Crippen LogP contribution in [0, 0.1) is 0 Å². The molecule has 0 saturated heterocycles. The Balaban J connectivity index is 2.68. The van der Waals surface area contributed by atoms with E-state index in [1.54, 1.807) is 20.8 Å². The minimum Gasteiger partial charge on any atom is -0.508 e. The van der Waals surface area contributed by atoms with Crippen LogP contribution in [0.15, 0.2) is 18.2 Å². The number of alkyl carbamates (subject to hydrolysis) is 1.